The summed E-state index contributed by atoms with van der Waals surface area (Å²) in [6, 6.07) is 2.73. The molecule has 192 valence electrons. The van der Waals surface area contributed by atoms with E-state index in [4.69, 9.17) is 0 Å². The van der Waals surface area contributed by atoms with Gasteiger partial charge in [-0.15, -0.1) is 10.2 Å². The number of hydrogen-bond acceptors (Lipinski definition) is 7. The molecule has 3 heterocycles. The van der Waals surface area contributed by atoms with Gasteiger partial charge in [-0.05, 0) is 37.8 Å². The molecule has 0 aliphatic heterocycles. The average molecular weight is 502 g/mol. The SMILES string of the molecule is CC(F)(F)c1ccnc(CNC(=O)c2cn(CCCCn3cc(C(=O)NC4CCCC4)nn3)nn2)c1. The number of rotatable bonds is 11. The van der Waals surface area contributed by atoms with Gasteiger partial charge in [-0.2, -0.15) is 0 Å². The number of aromatic nitrogens is 7. The van der Waals surface area contributed by atoms with Crippen LogP contribution < -0.4 is 10.6 Å². The predicted octanol–water partition coefficient (Wildman–Crippen LogP) is 2.46. The Morgan fingerprint density at radius 1 is 1.03 bits per heavy atom. The van der Waals surface area contributed by atoms with Crippen LogP contribution in [0.3, 0.4) is 0 Å². The third-order valence-electron chi connectivity index (χ3n) is 6.01. The van der Waals surface area contributed by atoms with E-state index >= 15 is 0 Å². The molecule has 0 radical (unpaired) electrons. The Balaban J connectivity index is 1.18. The second-order valence-corrected chi connectivity index (χ2v) is 9.00. The minimum absolute atomic E-state index is 0.00577. The van der Waals surface area contributed by atoms with Crippen molar-refractivity contribution in [3.63, 3.8) is 0 Å². The Bertz CT molecular complexity index is 1180. The lowest BCUT2D eigenvalue weighted by molar-refractivity contribution is 0.0173. The van der Waals surface area contributed by atoms with E-state index in [0.717, 1.165) is 45.4 Å². The highest BCUT2D eigenvalue weighted by Gasteiger charge is 2.24. The lowest BCUT2D eigenvalue weighted by Crippen LogP contribution is -2.32. The van der Waals surface area contributed by atoms with Crippen molar-refractivity contribution >= 4 is 11.8 Å². The number of nitrogens with one attached hydrogen (secondary N) is 2. The van der Waals surface area contributed by atoms with E-state index in [0.29, 0.717) is 24.5 Å². The Kier molecular flexibility index (Phi) is 7.96. The third kappa shape index (κ3) is 6.89. The van der Waals surface area contributed by atoms with Crippen LogP contribution in [0.4, 0.5) is 8.78 Å². The highest BCUT2D eigenvalue weighted by atomic mass is 19.3. The van der Waals surface area contributed by atoms with Crippen molar-refractivity contribution in [2.45, 2.75) is 77.0 Å². The number of hydrogen-bond donors (Lipinski definition) is 2. The van der Waals surface area contributed by atoms with Crippen LogP contribution in [0.15, 0.2) is 30.7 Å². The Labute approximate surface area is 206 Å². The average Bonchev–Trinajstić information content (AvgIpc) is 3.62. The molecular weight excluding hydrogens is 472 g/mol. The van der Waals surface area contributed by atoms with Gasteiger partial charge in [0.2, 0.25) is 0 Å². The van der Waals surface area contributed by atoms with Crippen molar-refractivity contribution in [2.24, 2.45) is 0 Å². The first-order valence-corrected chi connectivity index (χ1v) is 12.0. The molecule has 0 unspecified atom stereocenters. The molecule has 11 nitrogen and oxygen atoms in total. The smallest absolute Gasteiger partial charge is 0.273 e. The molecule has 4 rings (SSSR count). The van der Waals surface area contributed by atoms with Crippen LogP contribution in [-0.2, 0) is 25.6 Å². The van der Waals surface area contributed by atoms with Crippen LogP contribution >= 0.6 is 0 Å². The van der Waals surface area contributed by atoms with Crippen LogP contribution in [0.25, 0.3) is 0 Å². The van der Waals surface area contributed by atoms with Gasteiger partial charge in [0.25, 0.3) is 17.7 Å². The normalized spacial score (nSPS) is 14.2. The Hall–Kier alpha value is -3.77. The van der Waals surface area contributed by atoms with Crippen molar-refractivity contribution < 1.29 is 18.4 Å². The van der Waals surface area contributed by atoms with Gasteiger partial charge in [-0.1, -0.05) is 23.3 Å². The second-order valence-electron chi connectivity index (χ2n) is 9.00. The summed E-state index contributed by atoms with van der Waals surface area (Å²) in [4.78, 5) is 28.6. The molecule has 3 aromatic rings. The van der Waals surface area contributed by atoms with E-state index in [9.17, 15) is 18.4 Å². The van der Waals surface area contributed by atoms with E-state index in [1.54, 1.807) is 15.6 Å². The first kappa shape index (κ1) is 25.3. The summed E-state index contributed by atoms with van der Waals surface area (Å²) in [5.41, 5.74) is 0.601. The van der Waals surface area contributed by atoms with Gasteiger partial charge in [0.15, 0.2) is 11.4 Å². The predicted molar refractivity (Wildman–Crippen MR) is 124 cm³/mol. The number of nitrogens with zero attached hydrogens (tertiary/aromatic N) is 7. The first-order valence-electron chi connectivity index (χ1n) is 12.0. The zero-order chi connectivity index (χ0) is 25.5. The molecule has 2 amide bonds. The zero-order valence-corrected chi connectivity index (χ0v) is 20.0. The van der Waals surface area contributed by atoms with Crippen LogP contribution in [0.5, 0.6) is 0 Å². The maximum absolute atomic E-state index is 13.5. The van der Waals surface area contributed by atoms with E-state index in [-0.39, 0.29) is 29.8 Å². The topological polar surface area (TPSA) is 133 Å². The third-order valence-corrected chi connectivity index (χ3v) is 6.01. The molecule has 1 aliphatic carbocycles. The number of unbranched alkanes of at least 4 members (excludes halogenated alkanes) is 1. The summed E-state index contributed by atoms with van der Waals surface area (Å²) >= 11 is 0. The van der Waals surface area contributed by atoms with Gasteiger partial charge in [0.05, 0.1) is 24.6 Å². The molecule has 1 fully saturated rings. The molecule has 1 aliphatic rings. The Morgan fingerprint density at radius 3 is 2.25 bits per heavy atom. The van der Waals surface area contributed by atoms with Gasteiger partial charge >= 0.3 is 0 Å². The van der Waals surface area contributed by atoms with Crippen molar-refractivity contribution in [1.82, 2.24) is 45.6 Å². The quantitative estimate of drug-likeness (QED) is 0.386. The second kappa shape index (κ2) is 11.3. The molecule has 3 aromatic heterocycles. The highest BCUT2D eigenvalue weighted by Crippen LogP contribution is 2.26. The molecule has 2 N–H and O–H groups in total. The van der Waals surface area contributed by atoms with E-state index in [1.165, 1.54) is 24.5 Å². The molecule has 0 saturated heterocycles. The van der Waals surface area contributed by atoms with Crippen LogP contribution in [0, 0.1) is 0 Å². The minimum atomic E-state index is -2.98. The Morgan fingerprint density at radius 2 is 1.64 bits per heavy atom. The lowest BCUT2D eigenvalue weighted by atomic mass is 10.1. The van der Waals surface area contributed by atoms with Crippen molar-refractivity contribution in [3.8, 4) is 0 Å². The standard InChI is InChI=1S/C23H29F2N9O2/c1-23(24,25)16-8-9-26-18(12-16)13-27-21(35)19-14-33(31-29-19)10-4-5-11-34-15-20(30-32-34)22(36)28-17-6-2-3-7-17/h8-9,12,14-15,17H,2-7,10-11,13H2,1H3,(H,27,35)(H,28,36). The van der Waals surface area contributed by atoms with E-state index in [2.05, 4.69) is 36.2 Å². The maximum Gasteiger partial charge on any atom is 0.273 e. The molecular formula is C23H29F2N9O2. The number of pyridine rings is 1. The molecule has 0 spiro atoms. The van der Waals surface area contributed by atoms with E-state index in [1.807, 2.05) is 0 Å². The summed E-state index contributed by atoms with van der Waals surface area (Å²) in [5.74, 6) is -3.64. The fourth-order valence-electron chi connectivity index (χ4n) is 4.01. The number of amides is 2. The summed E-state index contributed by atoms with van der Waals surface area (Å²) in [5, 5.41) is 21.4. The fraction of sp³-hybridized carbons (Fsp3) is 0.522. The number of carbonyl (C=O) groups excluding carboxylic acids is 2. The molecule has 0 aromatic carbocycles. The maximum atomic E-state index is 13.5. The molecule has 0 bridgehead atoms. The van der Waals surface area contributed by atoms with Gasteiger partial charge in [-0.25, -0.2) is 8.78 Å². The minimum Gasteiger partial charge on any atom is -0.348 e. The van der Waals surface area contributed by atoms with Gasteiger partial charge in [-0.3, -0.25) is 23.9 Å². The molecule has 1 saturated carbocycles. The van der Waals surface area contributed by atoms with Crippen LogP contribution in [0.1, 0.15) is 77.7 Å². The van der Waals surface area contributed by atoms with E-state index < -0.39 is 11.8 Å². The molecule has 36 heavy (non-hydrogen) atoms. The molecule has 0 atom stereocenters. The number of carbonyl (C=O) groups is 2. The summed E-state index contributed by atoms with van der Waals surface area (Å²) in [6.07, 6.45) is 10.3. The van der Waals surface area contributed by atoms with Crippen molar-refractivity contribution in [1.29, 1.82) is 0 Å². The zero-order valence-electron chi connectivity index (χ0n) is 20.0. The van der Waals surface area contributed by atoms with Gasteiger partial charge < -0.3 is 10.6 Å². The lowest BCUT2D eigenvalue weighted by Gasteiger charge is -2.11. The monoisotopic (exact) mass is 501 g/mol. The first-order chi connectivity index (χ1) is 17.3. The summed E-state index contributed by atoms with van der Waals surface area (Å²) in [6.45, 7) is 1.94. The number of halogens is 2. The van der Waals surface area contributed by atoms with Crippen LogP contribution in [-0.4, -0.2) is 52.8 Å². The summed E-state index contributed by atoms with van der Waals surface area (Å²) in [7, 11) is 0. The van der Waals surface area contributed by atoms with Crippen molar-refractivity contribution in [2.75, 3.05) is 0 Å². The van der Waals surface area contributed by atoms with Gasteiger partial charge in [0, 0.05) is 37.8 Å². The summed E-state index contributed by atoms with van der Waals surface area (Å²) < 4.78 is 30.1. The van der Waals surface area contributed by atoms with Gasteiger partial charge in [0.1, 0.15) is 0 Å². The number of aryl methyl sites for hydroxylation is 2. The largest absolute Gasteiger partial charge is 0.348 e. The fourth-order valence-corrected chi connectivity index (χ4v) is 4.01. The molecule has 13 heteroatoms. The number of alkyl halides is 2. The highest BCUT2D eigenvalue weighted by molar-refractivity contribution is 5.92. The van der Waals surface area contributed by atoms with Crippen LogP contribution in [0.2, 0.25) is 0 Å². The van der Waals surface area contributed by atoms with Crippen molar-refractivity contribution in [3.05, 3.63) is 53.4 Å².